The van der Waals surface area contributed by atoms with E-state index in [1.165, 1.54) is 100 Å². The van der Waals surface area contributed by atoms with Crippen LogP contribution >= 0.6 is 0 Å². The first-order chi connectivity index (χ1) is 32.4. The summed E-state index contributed by atoms with van der Waals surface area (Å²) in [7, 11) is 0. The van der Waals surface area contributed by atoms with E-state index in [-0.39, 0.29) is 32.7 Å². The van der Waals surface area contributed by atoms with Crippen LogP contribution in [0, 0.1) is 232 Å². The van der Waals surface area contributed by atoms with Crippen LogP contribution < -0.4 is 0 Å². The molecular formula is C71H123Y-. The van der Waals surface area contributed by atoms with Crippen LogP contribution in [0.3, 0.4) is 0 Å². The van der Waals surface area contributed by atoms with Gasteiger partial charge in [-0.1, -0.05) is 130 Å². The van der Waals surface area contributed by atoms with E-state index in [9.17, 15) is 0 Å². The maximum atomic E-state index is 2.52. The normalized spacial score (nSPS) is 31.8. The van der Waals surface area contributed by atoms with Gasteiger partial charge in [0.25, 0.3) is 0 Å². The Labute approximate surface area is 478 Å². The molecule has 0 nitrogen and oxygen atoms in total. The van der Waals surface area contributed by atoms with Crippen molar-refractivity contribution in [2.24, 2.45) is 101 Å². The van der Waals surface area contributed by atoms with E-state index in [0.717, 1.165) is 101 Å². The largest absolute Gasteiger partial charge is 0.322 e. The van der Waals surface area contributed by atoms with Crippen molar-refractivity contribution in [1.29, 1.82) is 0 Å². The molecular weight excluding hydrogens is 942 g/mol. The van der Waals surface area contributed by atoms with Crippen molar-refractivity contribution in [3.63, 3.8) is 0 Å². The molecule has 3 fully saturated rings. The Bertz CT molecular complexity index is 1520. The Morgan fingerprint density at radius 1 is 0.153 bits per heavy atom. The fourth-order valence-electron chi connectivity index (χ4n) is 13.1. The third kappa shape index (κ3) is 16.4. The van der Waals surface area contributed by atoms with E-state index in [0.29, 0.717) is 0 Å². The van der Waals surface area contributed by atoms with Gasteiger partial charge in [0.05, 0.1) is 0 Å². The zero-order chi connectivity index (χ0) is 55.9. The Balaban J connectivity index is 0.000000838. The first-order valence-electron chi connectivity index (χ1n) is 29.3. The molecule has 0 heterocycles. The third-order valence-corrected chi connectivity index (χ3v) is 24.0. The second kappa shape index (κ2) is 30.1. The number of benzene rings is 3. The van der Waals surface area contributed by atoms with E-state index in [2.05, 4.69) is 249 Å². The maximum Gasteiger partial charge on any atom is 0 e. The van der Waals surface area contributed by atoms with Crippen molar-refractivity contribution in [3.8, 4) is 0 Å². The number of hydrogen-bond acceptors (Lipinski definition) is 0. The number of rotatable bonds is 0. The van der Waals surface area contributed by atoms with E-state index in [1.54, 1.807) is 0 Å². The molecule has 3 aliphatic carbocycles. The predicted octanol–water partition coefficient (Wildman–Crippen LogP) is 21.6. The van der Waals surface area contributed by atoms with Crippen molar-refractivity contribution >= 4 is 0 Å². The Morgan fingerprint density at radius 3 is 0.306 bits per heavy atom. The van der Waals surface area contributed by atoms with Gasteiger partial charge in [-0.15, -0.1) is 0 Å². The average molecular weight is 1070 g/mol. The molecule has 1 radical (unpaired) electrons. The van der Waals surface area contributed by atoms with Crippen LogP contribution in [0.25, 0.3) is 0 Å². The second-order valence-electron chi connectivity index (χ2n) is 26.0. The van der Waals surface area contributed by atoms with E-state index in [4.69, 9.17) is 0 Å². The molecule has 0 saturated heterocycles. The third-order valence-electron chi connectivity index (χ3n) is 24.0. The fourth-order valence-corrected chi connectivity index (χ4v) is 13.1. The van der Waals surface area contributed by atoms with Gasteiger partial charge in [0.15, 0.2) is 0 Å². The van der Waals surface area contributed by atoms with Crippen molar-refractivity contribution in [2.45, 2.75) is 242 Å². The van der Waals surface area contributed by atoms with Gasteiger partial charge in [-0.3, -0.25) is 0 Å². The summed E-state index contributed by atoms with van der Waals surface area (Å²) in [4.78, 5) is 0. The van der Waals surface area contributed by atoms with Crippen LogP contribution in [0.4, 0.5) is 0 Å². The van der Waals surface area contributed by atoms with Crippen LogP contribution in [0.15, 0.2) is 0 Å². The molecule has 411 valence electrons. The summed E-state index contributed by atoms with van der Waals surface area (Å²) in [6.45, 7) is 80.8. The van der Waals surface area contributed by atoms with Gasteiger partial charge in [-0.2, -0.15) is 11.8 Å². The molecule has 3 aromatic carbocycles. The predicted molar refractivity (Wildman–Crippen MR) is 325 cm³/mol. The van der Waals surface area contributed by atoms with Gasteiger partial charge < -0.3 is 6.42 Å². The molecule has 1 heteroatoms. The first-order valence-corrected chi connectivity index (χ1v) is 29.3. The van der Waals surface area contributed by atoms with Crippen LogP contribution in [-0.2, 0) is 32.7 Å². The van der Waals surface area contributed by atoms with Gasteiger partial charge in [0.1, 0.15) is 0 Å². The SMILES string of the molecule is CC1C(C)C(C)C(C)C(C)C1C.CC1C(C)C(C)C(C)C(C)C1C.CC1[CH-]C(C)C(C)C(C)C1C.Cc1c(C)c(C)c(C)c(C)c1C.Cc1c(C)c(C)c(C)c(C)c1C.Cc1c(C)c(C)c(C)c(C)c1C.[Y]. The van der Waals surface area contributed by atoms with E-state index >= 15 is 0 Å². The summed E-state index contributed by atoms with van der Waals surface area (Å²) >= 11 is 0. The zero-order valence-electron chi connectivity index (χ0n) is 55.0. The first kappa shape index (κ1) is 70.8. The minimum absolute atomic E-state index is 0. The summed E-state index contributed by atoms with van der Waals surface area (Å²) in [5, 5.41) is 0. The molecule has 6 rings (SSSR count). The molecule has 0 aliphatic heterocycles. The van der Waals surface area contributed by atoms with Gasteiger partial charge in [0, 0.05) is 32.7 Å². The average Bonchev–Trinajstić information content (AvgIpc) is 3.36. The van der Waals surface area contributed by atoms with E-state index in [1.807, 2.05) is 0 Å². The second-order valence-corrected chi connectivity index (χ2v) is 26.0. The quantitative estimate of drug-likeness (QED) is 0.197. The standard InChI is InChI=1S/2C12H24.3C12H18.C11H21.Y/c5*1-7-8(2)10(4)12(6)11(5)9(7)3;1-7-6-8(2)10(4)11(5)9(7)3;/h2*7-12H,1-6H3;3*1-6H3;6-11H,1-5H3;/q;;;;;-1;. The molecule has 4 atom stereocenters. The Hall–Kier alpha value is -1.24. The molecule has 0 N–H and O–H groups in total. The molecule has 72 heavy (non-hydrogen) atoms. The summed E-state index contributed by atoms with van der Waals surface area (Å²) in [5.74, 6) is 15.2. The molecule has 4 unspecified atom stereocenters. The Morgan fingerprint density at radius 2 is 0.222 bits per heavy atom. The summed E-state index contributed by atoms with van der Waals surface area (Å²) in [5.41, 5.74) is 26.2. The van der Waals surface area contributed by atoms with Gasteiger partial charge >= 0.3 is 0 Å². The van der Waals surface area contributed by atoms with Crippen molar-refractivity contribution in [1.82, 2.24) is 0 Å². The van der Waals surface area contributed by atoms with Gasteiger partial charge in [-0.25, -0.2) is 0 Å². The van der Waals surface area contributed by atoms with Crippen molar-refractivity contribution < 1.29 is 32.7 Å². The smallest absolute Gasteiger partial charge is 0 e. The molecule has 3 aromatic rings. The summed E-state index contributed by atoms with van der Waals surface area (Å²) in [6.07, 6.45) is 2.52. The monoisotopic (exact) mass is 1060 g/mol. The molecule has 0 amide bonds. The minimum Gasteiger partial charge on any atom is -0.322 e. The fraction of sp³-hybridized carbons (Fsp3) is 0.732. The maximum absolute atomic E-state index is 2.52. The Kier molecular flexibility index (Phi) is 29.5. The van der Waals surface area contributed by atoms with Crippen LogP contribution in [0.1, 0.15) is 218 Å². The molecule has 3 saturated carbocycles. The molecule has 3 aliphatic rings. The minimum atomic E-state index is 0. The zero-order valence-corrected chi connectivity index (χ0v) is 57.8. The molecule has 0 spiro atoms. The molecule has 0 aromatic heterocycles. The van der Waals surface area contributed by atoms with Gasteiger partial charge in [0.2, 0.25) is 0 Å². The molecule has 0 bridgehead atoms. The number of hydrogen-bond donors (Lipinski definition) is 0. The van der Waals surface area contributed by atoms with Crippen molar-refractivity contribution in [3.05, 3.63) is 107 Å². The van der Waals surface area contributed by atoms with Gasteiger partial charge in [-0.05, 0) is 302 Å². The topological polar surface area (TPSA) is 0 Å². The van der Waals surface area contributed by atoms with Crippen LogP contribution in [0.5, 0.6) is 0 Å². The van der Waals surface area contributed by atoms with Crippen molar-refractivity contribution in [2.75, 3.05) is 0 Å². The van der Waals surface area contributed by atoms with Crippen LogP contribution in [-0.4, -0.2) is 0 Å². The van der Waals surface area contributed by atoms with E-state index < -0.39 is 0 Å². The summed E-state index contributed by atoms with van der Waals surface area (Å²) in [6, 6.07) is 0. The summed E-state index contributed by atoms with van der Waals surface area (Å²) < 4.78 is 0. The van der Waals surface area contributed by atoms with Crippen LogP contribution in [0.2, 0.25) is 0 Å².